The van der Waals surface area contributed by atoms with Gasteiger partial charge in [-0.25, -0.2) is 0 Å². The van der Waals surface area contributed by atoms with Gasteiger partial charge in [0.25, 0.3) is 0 Å². The fourth-order valence-electron chi connectivity index (χ4n) is 1.78. The molecule has 1 aromatic rings. The molecule has 0 amide bonds. The van der Waals surface area contributed by atoms with E-state index < -0.39 is 0 Å². The molecule has 0 bridgehead atoms. The van der Waals surface area contributed by atoms with Gasteiger partial charge in [-0.1, -0.05) is 23.2 Å². The monoisotopic (exact) mass is 341 g/mol. The second-order valence-electron chi connectivity index (χ2n) is 3.41. The van der Waals surface area contributed by atoms with Crippen LogP contribution in [0.2, 0.25) is 10.0 Å². The molecule has 0 radical (unpaired) electrons. The first-order valence-electron chi connectivity index (χ1n) is 4.58. The third-order valence-electron chi connectivity index (χ3n) is 2.40. The zero-order chi connectivity index (χ0) is 10.1. The molecule has 0 aromatic heterocycles. The average molecular weight is 342 g/mol. The molecule has 1 saturated heterocycles. The first-order chi connectivity index (χ1) is 6.68. The van der Waals surface area contributed by atoms with Crippen LogP contribution in [0.4, 0.5) is 5.69 Å². The van der Waals surface area contributed by atoms with Crippen molar-refractivity contribution in [2.45, 2.75) is 12.8 Å². The van der Waals surface area contributed by atoms with E-state index in [0.29, 0.717) is 5.02 Å². The molecule has 0 spiro atoms. The first kappa shape index (κ1) is 10.8. The van der Waals surface area contributed by atoms with Gasteiger partial charge in [0.05, 0.1) is 10.7 Å². The highest BCUT2D eigenvalue weighted by molar-refractivity contribution is 14.1. The van der Waals surface area contributed by atoms with Gasteiger partial charge >= 0.3 is 0 Å². The Hall–Kier alpha value is 0.330. The fraction of sp³-hybridized carbons (Fsp3) is 0.400. The van der Waals surface area contributed by atoms with Crippen LogP contribution in [-0.2, 0) is 0 Å². The van der Waals surface area contributed by atoms with Gasteiger partial charge in [-0.2, -0.15) is 0 Å². The minimum Gasteiger partial charge on any atom is -0.369 e. The summed E-state index contributed by atoms with van der Waals surface area (Å²) in [7, 11) is 0. The third kappa shape index (κ3) is 2.12. The van der Waals surface area contributed by atoms with E-state index in [0.717, 1.165) is 27.4 Å². The van der Waals surface area contributed by atoms with E-state index in [4.69, 9.17) is 23.2 Å². The number of rotatable bonds is 1. The summed E-state index contributed by atoms with van der Waals surface area (Å²) >= 11 is 14.4. The molecule has 1 heterocycles. The van der Waals surface area contributed by atoms with Crippen molar-refractivity contribution in [3.05, 3.63) is 25.7 Å². The van der Waals surface area contributed by atoms with Crippen molar-refractivity contribution < 1.29 is 0 Å². The Morgan fingerprint density at radius 2 is 1.79 bits per heavy atom. The normalized spacial score (nSPS) is 16.4. The second kappa shape index (κ2) is 4.45. The summed E-state index contributed by atoms with van der Waals surface area (Å²) in [5, 5.41) is 1.48. The molecule has 1 nitrogen and oxygen atoms in total. The molecule has 4 heteroatoms. The van der Waals surface area contributed by atoms with Crippen LogP contribution in [0, 0.1) is 3.57 Å². The van der Waals surface area contributed by atoms with E-state index in [1.165, 1.54) is 12.8 Å². The third-order valence-corrected chi connectivity index (χ3v) is 3.73. The number of nitrogens with zero attached hydrogens (tertiary/aromatic N) is 1. The fourth-order valence-corrected chi connectivity index (χ4v) is 3.70. The van der Waals surface area contributed by atoms with Crippen LogP contribution in [0.1, 0.15) is 12.8 Å². The highest BCUT2D eigenvalue weighted by Crippen LogP contribution is 2.35. The molecule has 14 heavy (non-hydrogen) atoms. The quantitative estimate of drug-likeness (QED) is 0.692. The van der Waals surface area contributed by atoms with Gasteiger partial charge in [-0.15, -0.1) is 0 Å². The topological polar surface area (TPSA) is 3.24 Å². The van der Waals surface area contributed by atoms with Crippen molar-refractivity contribution >= 4 is 51.5 Å². The van der Waals surface area contributed by atoms with Gasteiger partial charge in [0.15, 0.2) is 0 Å². The van der Waals surface area contributed by atoms with E-state index in [1.807, 2.05) is 12.1 Å². The maximum atomic E-state index is 6.18. The second-order valence-corrected chi connectivity index (χ2v) is 5.42. The van der Waals surface area contributed by atoms with E-state index in [-0.39, 0.29) is 0 Å². The van der Waals surface area contributed by atoms with Gasteiger partial charge in [-0.3, -0.25) is 0 Å². The SMILES string of the molecule is Clc1cc(Cl)c(N2CCCC2)c(I)c1. The van der Waals surface area contributed by atoms with Gasteiger partial charge < -0.3 is 4.90 Å². The Kier molecular flexibility index (Phi) is 3.45. The van der Waals surface area contributed by atoms with Crippen LogP contribution < -0.4 is 4.90 Å². The number of halogens is 3. The molecule has 0 atom stereocenters. The average Bonchev–Trinajstić information content (AvgIpc) is 2.54. The molecule has 76 valence electrons. The van der Waals surface area contributed by atoms with Crippen molar-refractivity contribution in [1.29, 1.82) is 0 Å². The van der Waals surface area contributed by atoms with Crippen molar-refractivity contribution in [3.63, 3.8) is 0 Å². The van der Waals surface area contributed by atoms with Crippen LogP contribution in [0.3, 0.4) is 0 Å². The Morgan fingerprint density at radius 3 is 2.36 bits per heavy atom. The summed E-state index contributed by atoms with van der Waals surface area (Å²) in [6.45, 7) is 2.22. The Labute approximate surface area is 108 Å². The predicted octanol–water partition coefficient (Wildman–Crippen LogP) is 4.20. The van der Waals surface area contributed by atoms with Gasteiger partial charge in [0.2, 0.25) is 0 Å². The van der Waals surface area contributed by atoms with Gasteiger partial charge in [-0.05, 0) is 47.6 Å². The lowest BCUT2D eigenvalue weighted by Gasteiger charge is -2.20. The van der Waals surface area contributed by atoms with Crippen molar-refractivity contribution in [2.75, 3.05) is 18.0 Å². The lowest BCUT2D eigenvalue weighted by Crippen LogP contribution is -2.19. The number of benzene rings is 1. The molecular weight excluding hydrogens is 332 g/mol. The molecule has 1 fully saturated rings. The van der Waals surface area contributed by atoms with Crippen LogP contribution in [0.5, 0.6) is 0 Å². The summed E-state index contributed by atoms with van der Waals surface area (Å²) in [6.07, 6.45) is 2.52. The number of hydrogen-bond donors (Lipinski definition) is 0. The molecule has 1 aliphatic rings. The molecule has 0 aliphatic carbocycles. The van der Waals surface area contributed by atoms with Crippen molar-refractivity contribution in [1.82, 2.24) is 0 Å². The van der Waals surface area contributed by atoms with Gasteiger partial charge in [0, 0.05) is 21.7 Å². The number of hydrogen-bond acceptors (Lipinski definition) is 1. The minimum absolute atomic E-state index is 0.711. The standard InChI is InChI=1S/C10H10Cl2IN/c11-7-5-8(12)10(9(13)6-7)14-3-1-2-4-14/h5-6H,1-4H2. The summed E-state index contributed by atoms with van der Waals surface area (Å²) in [5.74, 6) is 0. The van der Waals surface area contributed by atoms with Crippen LogP contribution >= 0.6 is 45.8 Å². The molecule has 0 unspecified atom stereocenters. The summed E-state index contributed by atoms with van der Waals surface area (Å²) < 4.78 is 1.14. The zero-order valence-corrected chi connectivity index (χ0v) is 11.2. The molecular formula is C10H10Cl2IN. The maximum absolute atomic E-state index is 6.18. The smallest absolute Gasteiger partial charge is 0.0692 e. The zero-order valence-electron chi connectivity index (χ0n) is 7.56. The molecule has 2 rings (SSSR count). The first-order valence-corrected chi connectivity index (χ1v) is 6.41. The van der Waals surface area contributed by atoms with Crippen molar-refractivity contribution in [3.8, 4) is 0 Å². The Balaban J connectivity index is 2.40. The molecule has 0 saturated carbocycles. The Bertz CT molecular complexity index is 325. The molecule has 1 aliphatic heterocycles. The van der Waals surface area contributed by atoms with E-state index in [2.05, 4.69) is 27.5 Å². The molecule has 1 aromatic carbocycles. The Morgan fingerprint density at radius 1 is 1.14 bits per heavy atom. The van der Waals surface area contributed by atoms with Crippen LogP contribution in [0.25, 0.3) is 0 Å². The van der Waals surface area contributed by atoms with Gasteiger partial charge in [0.1, 0.15) is 0 Å². The lowest BCUT2D eigenvalue weighted by molar-refractivity contribution is 0.949. The summed E-state index contributed by atoms with van der Waals surface area (Å²) in [6, 6.07) is 3.78. The summed E-state index contributed by atoms with van der Waals surface area (Å²) in [5.41, 5.74) is 1.15. The highest BCUT2D eigenvalue weighted by atomic mass is 127. The highest BCUT2D eigenvalue weighted by Gasteiger charge is 2.18. The van der Waals surface area contributed by atoms with Crippen LogP contribution in [0.15, 0.2) is 12.1 Å². The minimum atomic E-state index is 0.711. The van der Waals surface area contributed by atoms with Crippen molar-refractivity contribution in [2.24, 2.45) is 0 Å². The van der Waals surface area contributed by atoms with E-state index in [1.54, 1.807) is 0 Å². The van der Waals surface area contributed by atoms with E-state index in [9.17, 15) is 0 Å². The maximum Gasteiger partial charge on any atom is 0.0692 e. The van der Waals surface area contributed by atoms with E-state index >= 15 is 0 Å². The predicted molar refractivity (Wildman–Crippen MR) is 70.6 cm³/mol. The van der Waals surface area contributed by atoms with Crippen LogP contribution in [-0.4, -0.2) is 13.1 Å². The largest absolute Gasteiger partial charge is 0.369 e. The summed E-state index contributed by atoms with van der Waals surface area (Å²) in [4.78, 5) is 2.33. The lowest BCUT2D eigenvalue weighted by atomic mass is 10.3. The number of anilines is 1. The molecule has 0 N–H and O–H groups in total.